The summed E-state index contributed by atoms with van der Waals surface area (Å²) in [4.78, 5) is 12.4. The van der Waals surface area contributed by atoms with E-state index in [1.54, 1.807) is 24.3 Å². The number of amides is 1. The number of hydrogen-bond acceptors (Lipinski definition) is 5. The predicted octanol–water partition coefficient (Wildman–Crippen LogP) is 4.12. The van der Waals surface area contributed by atoms with Crippen LogP contribution in [-0.4, -0.2) is 33.4 Å². The third-order valence-electron chi connectivity index (χ3n) is 4.84. The smallest absolute Gasteiger partial charge is 0.271 e. The van der Waals surface area contributed by atoms with Crippen LogP contribution in [0, 0.1) is 6.92 Å². The molecule has 1 amide bonds. The molecule has 0 aliphatic heterocycles. The molecular formula is C25H27N3O4S. The van der Waals surface area contributed by atoms with Gasteiger partial charge in [0.05, 0.1) is 31.3 Å². The second-order valence-electron chi connectivity index (χ2n) is 7.50. The molecule has 0 atom stereocenters. The Morgan fingerprint density at radius 3 is 2.21 bits per heavy atom. The van der Waals surface area contributed by atoms with Crippen molar-refractivity contribution in [2.45, 2.75) is 20.4 Å². The maximum absolute atomic E-state index is 12.4. The van der Waals surface area contributed by atoms with Crippen LogP contribution in [0.1, 0.15) is 34.0 Å². The van der Waals surface area contributed by atoms with E-state index in [0.717, 1.165) is 28.7 Å². The van der Waals surface area contributed by atoms with E-state index in [-0.39, 0.29) is 6.54 Å². The fourth-order valence-corrected chi connectivity index (χ4v) is 3.97. The average molecular weight is 466 g/mol. The van der Waals surface area contributed by atoms with Crippen molar-refractivity contribution in [2.24, 2.45) is 5.10 Å². The van der Waals surface area contributed by atoms with Gasteiger partial charge in [-0.3, -0.25) is 9.10 Å². The van der Waals surface area contributed by atoms with E-state index in [9.17, 15) is 13.2 Å². The van der Waals surface area contributed by atoms with E-state index in [4.69, 9.17) is 4.74 Å². The van der Waals surface area contributed by atoms with E-state index < -0.39 is 15.9 Å². The van der Waals surface area contributed by atoms with Gasteiger partial charge in [-0.2, -0.15) is 5.10 Å². The Labute approximate surface area is 194 Å². The molecule has 0 spiro atoms. The lowest BCUT2D eigenvalue weighted by Crippen LogP contribution is -2.29. The number of sulfonamides is 1. The second kappa shape index (κ2) is 10.8. The molecule has 0 bridgehead atoms. The highest BCUT2D eigenvalue weighted by Crippen LogP contribution is 2.21. The summed E-state index contributed by atoms with van der Waals surface area (Å²) in [6.45, 7) is 4.69. The summed E-state index contributed by atoms with van der Waals surface area (Å²) >= 11 is 0. The zero-order chi connectivity index (χ0) is 23.8. The van der Waals surface area contributed by atoms with E-state index >= 15 is 0 Å². The van der Waals surface area contributed by atoms with E-state index in [0.29, 0.717) is 17.9 Å². The maximum Gasteiger partial charge on any atom is 0.271 e. The zero-order valence-electron chi connectivity index (χ0n) is 18.9. The summed E-state index contributed by atoms with van der Waals surface area (Å²) in [5.41, 5.74) is 6.11. The number of nitrogens with zero attached hydrogens (tertiary/aromatic N) is 2. The van der Waals surface area contributed by atoms with Gasteiger partial charge in [-0.05, 0) is 73.5 Å². The molecular weight excluding hydrogens is 438 g/mol. The van der Waals surface area contributed by atoms with Crippen molar-refractivity contribution >= 4 is 27.8 Å². The van der Waals surface area contributed by atoms with Gasteiger partial charge in [0.25, 0.3) is 5.91 Å². The van der Waals surface area contributed by atoms with Crippen molar-refractivity contribution in [1.29, 1.82) is 0 Å². The van der Waals surface area contributed by atoms with Crippen molar-refractivity contribution in [3.63, 3.8) is 0 Å². The summed E-state index contributed by atoms with van der Waals surface area (Å²) in [7, 11) is -3.51. The van der Waals surface area contributed by atoms with Crippen molar-refractivity contribution in [3.05, 3.63) is 95.1 Å². The van der Waals surface area contributed by atoms with Crippen LogP contribution in [0.4, 0.5) is 5.69 Å². The maximum atomic E-state index is 12.4. The Morgan fingerprint density at radius 1 is 1.00 bits per heavy atom. The highest BCUT2D eigenvalue weighted by molar-refractivity contribution is 7.92. The number of anilines is 1. The normalized spacial score (nSPS) is 11.4. The first-order valence-corrected chi connectivity index (χ1v) is 12.3. The molecule has 8 heteroatoms. The lowest BCUT2D eigenvalue weighted by Gasteiger charge is -2.22. The number of hydrogen-bond donors (Lipinski definition) is 1. The first kappa shape index (κ1) is 24.0. The molecule has 0 heterocycles. The largest absolute Gasteiger partial charge is 0.494 e. The Morgan fingerprint density at radius 2 is 1.64 bits per heavy atom. The van der Waals surface area contributed by atoms with E-state index in [1.165, 1.54) is 10.5 Å². The molecule has 0 saturated carbocycles. The van der Waals surface area contributed by atoms with E-state index in [2.05, 4.69) is 10.5 Å². The third-order valence-corrected chi connectivity index (χ3v) is 5.98. The summed E-state index contributed by atoms with van der Waals surface area (Å²) in [6.07, 6.45) is 2.70. The molecule has 33 heavy (non-hydrogen) atoms. The standard InChI is InChI=1S/C25H27N3O4S/c1-4-32-24-15-9-20(10-16-24)17-26-27-25(29)22-11-13-23(14-12-22)28(33(3,30)31)18-21-7-5-19(2)6-8-21/h5-17H,4,18H2,1-3H3,(H,27,29)/b26-17-. The van der Waals surface area contributed by atoms with Crippen molar-refractivity contribution < 1.29 is 17.9 Å². The van der Waals surface area contributed by atoms with Crippen LogP contribution >= 0.6 is 0 Å². The second-order valence-corrected chi connectivity index (χ2v) is 9.41. The summed E-state index contributed by atoms with van der Waals surface area (Å²) in [5, 5.41) is 3.98. The fourth-order valence-electron chi connectivity index (χ4n) is 3.09. The quantitative estimate of drug-likeness (QED) is 0.380. The van der Waals surface area contributed by atoms with Gasteiger partial charge in [0, 0.05) is 5.56 Å². The first-order valence-electron chi connectivity index (χ1n) is 10.5. The van der Waals surface area contributed by atoms with Crippen LogP contribution in [0.25, 0.3) is 0 Å². The molecule has 3 rings (SSSR count). The molecule has 172 valence electrons. The molecule has 0 aliphatic rings. The Balaban J connectivity index is 1.66. The molecule has 0 saturated heterocycles. The third kappa shape index (κ3) is 6.92. The van der Waals surface area contributed by atoms with Gasteiger partial charge in [0.2, 0.25) is 10.0 Å². The number of rotatable bonds is 9. The molecule has 3 aromatic rings. The first-order chi connectivity index (χ1) is 15.8. The van der Waals surface area contributed by atoms with Crippen LogP contribution in [0.15, 0.2) is 77.9 Å². The lowest BCUT2D eigenvalue weighted by molar-refractivity contribution is 0.0955. The van der Waals surface area contributed by atoms with Crippen molar-refractivity contribution in [2.75, 3.05) is 17.2 Å². The number of benzene rings is 3. The van der Waals surface area contributed by atoms with Gasteiger partial charge < -0.3 is 4.74 Å². The molecule has 0 radical (unpaired) electrons. The predicted molar refractivity (Wildman–Crippen MR) is 131 cm³/mol. The SMILES string of the molecule is CCOc1ccc(/C=N\NC(=O)c2ccc(N(Cc3ccc(C)cc3)S(C)(=O)=O)cc2)cc1. The van der Waals surface area contributed by atoms with Gasteiger partial charge >= 0.3 is 0 Å². The minimum Gasteiger partial charge on any atom is -0.494 e. The van der Waals surface area contributed by atoms with Gasteiger partial charge in [-0.15, -0.1) is 0 Å². The fraction of sp³-hybridized carbons (Fsp3) is 0.200. The van der Waals surface area contributed by atoms with Gasteiger partial charge in [-0.25, -0.2) is 13.8 Å². The van der Waals surface area contributed by atoms with Crippen LogP contribution < -0.4 is 14.5 Å². The summed E-state index contributed by atoms with van der Waals surface area (Å²) < 4.78 is 31.5. The number of hydrazone groups is 1. The highest BCUT2D eigenvalue weighted by atomic mass is 32.2. The van der Waals surface area contributed by atoms with Crippen LogP contribution in [-0.2, 0) is 16.6 Å². The average Bonchev–Trinajstić information content (AvgIpc) is 2.79. The number of aryl methyl sites for hydroxylation is 1. The van der Waals surface area contributed by atoms with Crippen molar-refractivity contribution in [3.8, 4) is 5.75 Å². The molecule has 0 fully saturated rings. The minimum atomic E-state index is -3.51. The van der Waals surface area contributed by atoms with Gasteiger partial charge in [0.1, 0.15) is 5.75 Å². The van der Waals surface area contributed by atoms with E-state index in [1.807, 2.05) is 62.4 Å². The van der Waals surface area contributed by atoms with Gasteiger partial charge in [0.15, 0.2) is 0 Å². The summed E-state index contributed by atoms with van der Waals surface area (Å²) in [5.74, 6) is 0.373. The monoisotopic (exact) mass is 465 g/mol. The molecule has 0 aromatic heterocycles. The topological polar surface area (TPSA) is 88.1 Å². The highest BCUT2D eigenvalue weighted by Gasteiger charge is 2.18. The zero-order valence-corrected chi connectivity index (χ0v) is 19.7. The molecule has 0 aliphatic carbocycles. The van der Waals surface area contributed by atoms with Crippen LogP contribution in [0.2, 0.25) is 0 Å². The minimum absolute atomic E-state index is 0.205. The molecule has 1 N–H and O–H groups in total. The molecule has 7 nitrogen and oxygen atoms in total. The number of nitrogens with one attached hydrogen (secondary N) is 1. The molecule has 0 unspecified atom stereocenters. The Hall–Kier alpha value is -3.65. The number of carbonyl (C=O) groups excluding carboxylic acids is 1. The van der Waals surface area contributed by atoms with Crippen LogP contribution in [0.3, 0.4) is 0 Å². The number of ether oxygens (including phenoxy) is 1. The number of carbonyl (C=O) groups is 1. The summed E-state index contributed by atoms with van der Waals surface area (Å²) in [6, 6.07) is 21.4. The Kier molecular flexibility index (Phi) is 7.84. The molecule has 3 aromatic carbocycles. The Bertz CT molecular complexity index is 1200. The lowest BCUT2D eigenvalue weighted by atomic mass is 10.1. The van der Waals surface area contributed by atoms with Gasteiger partial charge in [-0.1, -0.05) is 29.8 Å². The van der Waals surface area contributed by atoms with Crippen molar-refractivity contribution in [1.82, 2.24) is 5.43 Å². The van der Waals surface area contributed by atoms with Crippen LogP contribution in [0.5, 0.6) is 5.75 Å².